The van der Waals surface area contributed by atoms with Crippen molar-refractivity contribution in [2.45, 2.75) is 19.3 Å². The second-order valence-electron chi connectivity index (χ2n) is 6.86. The summed E-state index contributed by atoms with van der Waals surface area (Å²) in [5.74, 6) is -0.229. The Labute approximate surface area is 161 Å². The summed E-state index contributed by atoms with van der Waals surface area (Å²) in [5.41, 5.74) is 2.30. The van der Waals surface area contributed by atoms with Crippen LogP contribution < -0.4 is 4.90 Å². The minimum Gasteiger partial charge on any atom is -0.367 e. The minimum atomic E-state index is -0.460. The zero-order valence-corrected chi connectivity index (χ0v) is 15.8. The highest BCUT2D eigenvalue weighted by Crippen LogP contribution is 2.31. The smallest absolute Gasteiger partial charge is 0.282 e. The van der Waals surface area contributed by atoms with Crippen LogP contribution in [0.1, 0.15) is 34.5 Å². The third kappa shape index (κ3) is 3.60. The summed E-state index contributed by atoms with van der Waals surface area (Å²) in [4.78, 5) is 28.9. The van der Waals surface area contributed by atoms with Crippen molar-refractivity contribution in [1.29, 1.82) is 0 Å². The number of anilines is 1. The van der Waals surface area contributed by atoms with Crippen molar-refractivity contribution >= 4 is 34.2 Å². The standard InChI is InChI=1S/C20H21N3O3S/c24-20(22-9-1-2-10-22)17-14-16(5-6-18(17)23(25)26)21-11-7-15(8-12-21)19-4-3-13-27-19/h3-7,13-14H,1-2,8-12H2. The molecule has 0 unspecified atom stereocenters. The zero-order valence-electron chi connectivity index (χ0n) is 15.0. The first-order chi connectivity index (χ1) is 13.1. The highest BCUT2D eigenvalue weighted by Gasteiger charge is 2.28. The number of thiophene rings is 1. The number of rotatable bonds is 4. The number of hydrogen-bond donors (Lipinski definition) is 0. The SMILES string of the molecule is O=C(c1cc(N2CC=C(c3cccs3)CC2)ccc1[N+](=O)[O-])N1CCCC1. The van der Waals surface area contributed by atoms with E-state index in [2.05, 4.69) is 28.5 Å². The average Bonchev–Trinajstić information content (AvgIpc) is 3.41. The van der Waals surface area contributed by atoms with Crippen molar-refractivity contribution in [3.05, 3.63) is 62.3 Å². The van der Waals surface area contributed by atoms with E-state index < -0.39 is 4.92 Å². The van der Waals surface area contributed by atoms with Crippen molar-refractivity contribution in [3.63, 3.8) is 0 Å². The highest BCUT2D eigenvalue weighted by molar-refractivity contribution is 7.11. The molecule has 1 saturated heterocycles. The van der Waals surface area contributed by atoms with Crippen LogP contribution in [0.15, 0.2) is 41.8 Å². The summed E-state index contributed by atoms with van der Waals surface area (Å²) < 4.78 is 0. The summed E-state index contributed by atoms with van der Waals surface area (Å²) in [6.45, 7) is 2.93. The molecule has 4 rings (SSSR count). The molecule has 6 nitrogen and oxygen atoms in total. The Morgan fingerprint density at radius 1 is 1.15 bits per heavy atom. The van der Waals surface area contributed by atoms with Gasteiger partial charge >= 0.3 is 0 Å². The van der Waals surface area contributed by atoms with Gasteiger partial charge in [-0.2, -0.15) is 0 Å². The Bertz CT molecular complexity index is 886. The molecule has 1 aromatic carbocycles. The lowest BCUT2D eigenvalue weighted by Crippen LogP contribution is -2.30. The van der Waals surface area contributed by atoms with Gasteiger partial charge in [0.2, 0.25) is 0 Å². The first kappa shape index (κ1) is 17.7. The molecule has 1 aromatic heterocycles. The molecule has 3 heterocycles. The van der Waals surface area contributed by atoms with E-state index in [0.717, 1.165) is 38.0 Å². The van der Waals surface area contributed by atoms with Crippen molar-refractivity contribution in [2.75, 3.05) is 31.1 Å². The number of benzene rings is 1. The van der Waals surface area contributed by atoms with E-state index >= 15 is 0 Å². The molecule has 2 aromatic rings. The Kier molecular flexibility index (Phi) is 4.94. The van der Waals surface area contributed by atoms with E-state index in [1.807, 2.05) is 0 Å². The van der Waals surface area contributed by atoms with Gasteiger partial charge < -0.3 is 9.80 Å². The van der Waals surface area contributed by atoms with Crippen LogP contribution in [0.25, 0.3) is 5.57 Å². The van der Waals surface area contributed by atoms with Gasteiger partial charge in [0.05, 0.1) is 4.92 Å². The Morgan fingerprint density at radius 2 is 1.96 bits per heavy atom. The van der Waals surface area contributed by atoms with Crippen LogP contribution in [0.4, 0.5) is 11.4 Å². The first-order valence-electron chi connectivity index (χ1n) is 9.19. The summed E-state index contributed by atoms with van der Waals surface area (Å²) in [6.07, 6.45) is 5.05. The zero-order chi connectivity index (χ0) is 18.8. The fraction of sp³-hybridized carbons (Fsp3) is 0.350. The van der Waals surface area contributed by atoms with Crippen LogP contribution in [0.3, 0.4) is 0 Å². The van der Waals surface area contributed by atoms with Crippen LogP contribution >= 0.6 is 11.3 Å². The monoisotopic (exact) mass is 383 g/mol. The first-order valence-corrected chi connectivity index (χ1v) is 10.1. The van der Waals surface area contributed by atoms with Crippen molar-refractivity contribution in [3.8, 4) is 0 Å². The second-order valence-corrected chi connectivity index (χ2v) is 7.81. The third-order valence-electron chi connectivity index (χ3n) is 5.21. The Morgan fingerprint density at radius 3 is 2.59 bits per heavy atom. The van der Waals surface area contributed by atoms with Gasteiger partial charge in [-0.05, 0) is 48.4 Å². The molecule has 0 saturated carbocycles. The predicted octanol–water partition coefficient (Wildman–Crippen LogP) is 4.19. The molecule has 7 heteroatoms. The molecule has 0 aliphatic carbocycles. The Hall–Kier alpha value is -2.67. The van der Waals surface area contributed by atoms with Gasteiger partial charge in [0.15, 0.2) is 0 Å². The lowest BCUT2D eigenvalue weighted by molar-refractivity contribution is -0.385. The van der Waals surface area contributed by atoms with Gasteiger partial charge in [0.1, 0.15) is 5.56 Å². The van der Waals surface area contributed by atoms with Gasteiger partial charge in [0, 0.05) is 42.8 Å². The maximum Gasteiger partial charge on any atom is 0.282 e. The number of amides is 1. The van der Waals surface area contributed by atoms with Crippen molar-refractivity contribution in [2.24, 2.45) is 0 Å². The van der Waals surface area contributed by atoms with Crippen LogP contribution in [0.5, 0.6) is 0 Å². The van der Waals surface area contributed by atoms with E-state index in [4.69, 9.17) is 0 Å². The number of carbonyl (C=O) groups excluding carboxylic acids is 1. The van der Waals surface area contributed by atoms with Crippen LogP contribution in [-0.2, 0) is 0 Å². The quantitative estimate of drug-likeness (QED) is 0.587. The molecule has 0 bridgehead atoms. The number of nitrogens with zero attached hydrogens (tertiary/aromatic N) is 3. The lowest BCUT2D eigenvalue weighted by Gasteiger charge is -2.28. The van der Waals surface area contributed by atoms with Crippen molar-refractivity contribution in [1.82, 2.24) is 4.90 Å². The summed E-state index contributed by atoms with van der Waals surface area (Å²) in [6, 6.07) is 9.10. The molecule has 1 fully saturated rings. The largest absolute Gasteiger partial charge is 0.367 e. The van der Waals surface area contributed by atoms with E-state index in [0.29, 0.717) is 13.1 Å². The topological polar surface area (TPSA) is 66.7 Å². The van der Waals surface area contributed by atoms with E-state index in [1.54, 1.807) is 28.4 Å². The minimum absolute atomic E-state index is 0.109. The van der Waals surface area contributed by atoms with Crippen molar-refractivity contribution < 1.29 is 9.72 Å². The van der Waals surface area contributed by atoms with Crippen LogP contribution in [0, 0.1) is 10.1 Å². The average molecular weight is 383 g/mol. The van der Waals surface area contributed by atoms with Gasteiger partial charge in [-0.15, -0.1) is 11.3 Å². The predicted molar refractivity (Wildman–Crippen MR) is 107 cm³/mol. The van der Waals surface area contributed by atoms with Gasteiger partial charge in [-0.3, -0.25) is 14.9 Å². The summed E-state index contributed by atoms with van der Waals surface area (Å²) >= 11 is 1.74. The molecule has 0 N–H and O–H groups in total. The molecular formula is C20H21N3O3S. The van der Waals surface area contributed by atoms with Gasteiger partial charge in [-0.25, -0.2) is 0 Å². The fourth-order valence-electron chi connectivity index (χ4n) is 3.73. The number of nitro benzene ring substituents is 1. The normalized spacial score (nSPS) is 17.1. The number of nitro groups is 1. The molecule has 1 amide bonds. The maximum atomic E-state index is 12.8. The molecule has 2 aliphatic rings. The van der Waals surface area contributed by atoms with E-state index in [1.165, 1.54) is 16.5 Å². The maximum absolute atomic E-state index is 12.8. The summed E-state index contributed by atoms with van der Waals surface area (Å²) in [5, 5.41) is 13.5. The van der Waals surface area contributed by atoms with Crippen LogP contribution in [-0.4, -0.2) is 41.9 Å². The number of likely N-dealkylation sites (tertiary alicyclic amines) is 1. The molecular weight excluding hydrogens is 362 g/mol. The third-order valence-corrected chi connectivity index (χ3v) is 6.16. The van der Waals surface area contributed by atoms with Crippen LogP contribution in [0.2, 0.25) is 0 Å². The van der Waals surface area contributed by atoms with Gasteiger partial charge in [0.25, 0.3) is 11.6 Å². The van der Waals surface area contributed by atoms with E-state index in [9.17, 15) is 14.9 Å². The molecule has 0 spiro atoms. The molecule has 2 aliphatic heterocycles. The highest BCUT2D eigenvalue weighted by atomic mass is 32.1. The molecule has 0 atom stereocenters. The number of hydrogen-bond acceptors (Lipinski definition) is 5. The van der Waals surface area contributed by atoms with Gasteiger partial charge in [-0.1, -0.05) is 12.1 Å². The van der Waals surface area contributed by atoms with E-state index in [-0.39, 0.29) is 17.2 Å². The second kappa shape index (κ2) is 7.52. The molecule has 0 radical (unpaired) electrons. The fourth-order valence-corrected chi connectivity index (χ4v) is 4.53. The Balaban J connectivity index is 1.59. The lowest BCUT2D eigenvalue weighted by atomic mass is 10.0. The summed E-state index contributed by atoms with van der Waals surface area (Å²) in [7, 11) is 0. The molecule has 27 heavy (non-hydrogen) atoms. The number of carbonyl (C=O) groups is 1. The molecule has 140 valence electrons.